The molecule has 11 heavy (non-hydrogen) atoms. The number of aliphatic hydroxyl groups is 1. The van der Waals surface area contributed by atoms with E-state index in [9.17, 15) is 4.79 Å². The molecule has 1 aliphatic rings. The Morgan fingerprint density at radius 1 is 1.73 bits per heavy atom. The highest BCUT2D eigenvalue weighted by Gasteiger charge is 2.20. The fourth-order valence-corrected chi connectivity index (χ4v) is 0.850. The molecule has 3 heteroatoms. The third-order valence-corrected chi connectivity index (χ3v) is 1.36. The van der Waals surface area contributed by atoms with Crippen molar-refractivity contribution < 1.29 is 14.6 Å². The molecule has 0 spiro atoms. The number of aliphatic hydroxyl groups excluding tert-OH is 1. The van der Waals surface area contributed by atoms with E-state index >= 15 is 0 Å². The molecule has 0 aromatic heterocycles. The molecule has 0 amide bonds. The second-order valence-corrected chi connectivity index (χ2v) is 2.23. The smallest absolute Gasteiger partial charge is 0.188 e. The minimum absolute atomic E-state index is 0.131. The van der Waals surface area contributed by atoms with Gasteiger partial charge in [0.25, 0.3) is 0 Å². The van der Waals surface area contributed by atoms with Gasteiger partial charge in [-0.3, -0.25) is 4.79 Å². The standard InChI is InChI=1S/C8H10O3/c1-2-3-7-6(9)4-5-8(10)11-7/h2-5,7-8,10H,1H3/b3-2+/t7-,8?/m0/s1. The first-order chi connectivity index (χ1) is 5.24. The maximum Gasteiger partial charge on any atom is 0.188 e. The molecule has 1 heterocycles. The van der Waals surface area contributed by atoms with Gasteiger partial charge < -0.3 is 9.84 Å². The van der Waals surface area contributed by atoms with Crippen molar-refractivity contribution in [3.05, 3.63) is 24.3 Å². The number of hydrogen-bond donors (Lipinski definition) is 1. The zero-order valence-electron chi connectivity index (χ0n) is 6.23. The number of ether oxygens (including phenoxy) is 1. The predicted molar refractivity (Wildman–Crippen MR) is 39.8 cm³/mol. The van der Waals surface area contributed by atoms with Crippen molar-refractivity contribution >= 4 is 5.78 Å². The summed E-state index contributed by atoms with van der Waals surface area (Å²) in [5, 5.41) is 8.93. The van der Waals surface area contributed by atoms with Crippen LogP contribution in [-0.2, 0) is 9.53 Å². The molecule has 3 nitrogen and oxygen atoms in total. The molecule has 1 N–H and O–H groups in total. The minimum Gasteiger partial charge on any atom is -0.365 e. The maximum absolute atomic E-state index is 11.0. The summed E-state index contributed by atoms with van der Waals surface area (Å²) in [5.74, 6) is -0.131. The summed E-state index contributed by atoms with van der Waals surface area (Å²) in [4.78, 5) is 11.0. The molecule has 1 rings (SSSR count). The summed E-state index contributed by atoms with van der Waals surface area (Å²) in [5.41, 5.74) is 0. The van der Waals surface area contributed by atoms with Crippen LogP contribution in [0.3, 0.4) is 0 Å². The van der Waals surface area contributed by atoms with E-state index in [2.05, 4.69) is 0 Å². The Morgan fingerprint density at radius 3 is 3.09 bits per heavy atom. The first-order valence-electron chi connectivity index (χ1n) is 3.42. The van der Waals surface area contributed by atoms with E-state index in [1.807, 2.05) is 0 Å². The number of rotatable bonds is 1. The molecule has 60 valence electrons. The van der Waals surface area contributed by atoms with Crippen LogP contribution in [0.25, 0.3) is 0 Å². The van der Waals surface area contributed by atoms with Crippen molar-refractivity contribution in [1.29, 1.82) is 0 Å². The van der Waals surface area contributed by atoms with Gasteiger partial charge in [-0.1, -0.05) is 12.2 Å². The molecule has 0 aliphatic carbocycles. The molecule has 0 fully saturated rings. The lowest BCUT2D eigenvalue weighted by Crippen LogP contribution is -2.29. The average Bonchev–Trinajstić information content (AvgIpc) is 1.98. The van der Waals surface area contributed by atoms with Gasteiger partial charge in [0.1, 0.15) is 6.10 Å². The van der Waals surface area contributed by atoms with Crippen molar-refractivity contribution in [3.8, 4) is 0 Å². The lowest BCUT2D eigenvalue weighted by atomic mass is 10.1. The van der Waals surface area contributed by atoms with E-state index in [0.29, 0.717) is 0 Å². The molecule has 2 atom stereocenters. The maximum atomic E-state index is 11.0. The van der Waals surface area contributed by atoms with Gasteiger partial charge in [-0.2, -0.15) is 0 Å². The van der Waals surface area contributed by atoms with Crippen LogP contribution in [0.2, 0.25) is 0 Å². The number of ketones is 1. The number of hydrogen-bond acceptors (Lipinski definition) is 3. The van der Waals surface area contributed by atoms with Crippen LogP contribution in [0.1, 0.15) is 6.92 Å². The van der Waals surface area contributed by atoms with Crippen molar-refractivity contribution in [2.45, 2.75) is 19.3 Å². The molecule has 0 radical (unpaired) electrons. The molecule has 1 aliphatic heterocycles. The van der Waals surface area contributed by atoms with Gasteiger partial charge in [-0.25, -0.2) is 0 Å². The molecular formula is C8H10O3. The largest absolute Gasteiger partial charge is 0.365 e. The molecular weight excluding hydrogens is 144 g/mol. The summed E-state index contributed by atoms with van der Waals surface area (Å²) in [7, 11) is 0. The molecule has 0 saturated heterocycles. The van der Waals surface area contributed by atoms with E-state index < -0.39 is 12.4 Å². The van der Waals surface area contributed by atoms with Crippen LogP contribution >= 0.6 is 0 Å². The number of carbonyl (C=O) groups excluding carboxylic acids is 1. The zero-order chi connectivity index (χ0) is 8.27. The number of carbonyl (C=O) groups is 1. The molecule has 0 aromatic rings. The monoisotopic (exact) mass is 154 g/mol. The van der Waals surface area contributed by atoms with E-state index in [0.717, 1.165) is 0 Å². The highest BCUT2D eigenvalue weighted by Crippen LogP contribution is 2.08. The fraction of sp³-hybridized carbons (Fsp3) is 0.375. The van der Waals surface area contributed by atoms with Crippen molar-refractivity contribution in [2.75, 3.05) is 0 Å². The summed E-state index contributed by atoms with van der Waals surface area (Å²) in [6.45, 7) is 1.79. The van der Waals surface area contributed by atoms with Crippen LogP contribution in [-0.4, -0.2) is 23.3 Å². The van der Waals surface area contributed by atoms with E-state index in [-0.39, 0.29) is 5.78 Å². The van der Waals surface area contributed by atoms with Crippen LogP contribution in [0, 0.1) is 0 Å². The summed E-state index contributed by atoms with van der Waals surface area (Å²) in [6.07, 6.45) is 4.42. The Bertz CT molecular complexity index is 205. The Morgan fingerprint density at radius 2 is 2.45 bits per heavy atom. The Labute approximate surface area is 65.0 Å². The van der Waals surface area contributed by atoms with Crippen LogP contribution in [0.15, 0.2) is 24.3 Å². The summed E-state index contributed by atoms with van der Waals surface area (Å²) in [6, 6.07) is 0. The van der Waals surface area contributed by atoms with E-state index in [1.54, 1.807) is 19.1 Å². The third-order valence-electron chi connectivity index (χ3n) is 1.36. The molecule has 0 aromatic carbocycles. The van der Waals surface area contributed by atoms with Crippen molar-refractivity contribution in [2.24, 2.45) is 0 Å². The van der Waals surface area contributed by atoms with Crippen LogP contribution in [0.4, 0.5) is 0 Å². The van der Waals surface area contributed by atoms with Crippen molar-refractivity contribution in [3.63, 3.8) is 0 Å². The first-order valence-corrected chi connectivity index (χ1v) is 3.42. The SMILES string of the molecule is C/C=C/[C@@H]1OC(O)C=CC1=O. The lowest BCUT2D eigenvalue weighted by molar-refractivity contribution is -0.141. The highest BCUT2D eigenvalue weighted by atomic mass is 16.6. The quantitative estimate of drug-likeness (QED) is 0.556. The van der Waals surface area contributed by atoms with Crippen molar-refractivity contribution in [1.82, 2.24) is 0 Å². The minimum atomic E-state index is -0.950. The predicted octanol–water partition coefficient (Wildman–Crippen LogP) is 0.405. The van der Waals surface area contributed by atoms with Gasteiger partial charge in [0.15, 0.2) is 12.1 Å². The van der Waals surface area contributed by atoms with E-state index in [4.69, 9.17) is 9.84 Å². The van der Waals surface area contributed by atoms with Gasteiger partial charge in [0.2, 0.25) is 0 Å². The molecule has 1 unspecified atom stereocenters. The fourth-order valence-electron chi connectivity index (χ4n) is 0.850. The first kappa shape index (κ1) is 8.17. The van der Waals surface area contributed by atoms with Crippen LogP contribution in [0.5, 0.6) is 0 Å². The topological polar surface area (TPSA) is 46.5 Å². The van der Waals surface area contributed by atoms with E-state index in [1.165, 1.54) is 12.2 Å². The average molecular weight is 154 g/mol. The number of allylic oxidation sites excluding steroid dienone is 1. The lowest BCUT2D eigenvalue weighted by Gasteiger charge is -2.17. The third kappa shape index (κ3) is 2.00. The Hall–Kier alpha value is -0.930. The highest BCUT2D eigenvalue weighted by molar-refractivity contribution is 5.95. The Balaban J connectivity index is 2.68. The van der Waals surface area contributed by atoms with Gasteiger partial charge in [0.05, 0.1) is 0 Å². The zero-order valence-corrected chi connectivity index (χ0v) is 6.23. The Kier molecular flexibility index (Phi) is 2.57. The second kappa shape index (κ2) is 3.46. The van der Waals surface area contributed by atoms with Gasteiger partial charge in [0, 0.05) is 0 Å². The summed E-state index contributed by atoms with van der Waals surface area (Å²) < 4.78 is 4.87. The second-order valence-electron chi connectivity index (χ2n) is 2.23. The summed E-state index contributed by atoms with van der Waals surface area (Å²) >= 11 is 0. The van der Waals surface area contributed by atoms with Gasteiger partial charge in [-0.05, 0) is 19.1 Å². The van der Waals surface area contributed by atoms with Crippen LogP contribution < -0.4 is 0 Å². The molecule has 0 bridgehead atoms. The molecule has 0 saturated carbocycles. The van der Waals surface area contributed by atoms with Gasteiger partial charge >= 0.3 is 0 Å². The normalized spacial score (nSPS) is 31.6. The van der Waals surface area contributed by atoms with Gasteiger partial charge in [-0.15, -0.1) is 0 Å².